The van der Waals surface area contributed by atoms with Gasteiger partial charge in [-0.3, -0.25) is 9.59 Å². The topological polar surface area (TPSA) is 100 Å². The number of Topliss-reactive ketones (excluding diaryl/α,β-unsaturated/α-hetero) is 1. The zero-order chi connectivity index (χ0) is 22.8. The van der Waals surface area contributed by atoms with E-state index in [1.807, 2.05) is 0 Å². The van der Waals surface area contributed by atoms with Gasteiger partial charge in [-0.05, 0) is 49.4 Å². The molecule has 0 radical (unpaired) electrons. The summed E-state index contributed by atoms with van der Waals surface area (Å²) in [6, 6.07) is 11.4. The van der Waals surface area contributed by atoms with E-state index in [9.17, 15) is 14.4 Å². The fourth-order valence-electron chi connectivity index (χ4n) is 2.81. The lowest BCUT2D eigenvalue weighted by atomic mass is 10.1. The molecule has 1 N–H and O–H groups in total. The van der Waals surface area contributed by atoms with Crippen LogP contribution in [0.5, 0.6) is 17.2 Å². The van der Waals surface area contributed by atoms with E-state index >= 15 is 0 Å². The van der Waals surface area contributed by atoms with E-state index in [0.717, 1.165) is 5.56 Å². The average molecular weight is 429 g/mol. The number of rotatable bonds is 11. The highest BCUT2D eigenvalue weighted by Gasteiger charge is 2.16. The molecule has 8 heteroatoms. The SMILES string of the molecule is CCC(=O)c1ccc(OCC(=O)OCC(=O)NC(C)c2cc(OC)ccc2OC)cc1. The van der Waals surface area contributed by atoms with Crippen LogP contribution in [0.15, 0.2) is 42.5 Å². The van der Waals surface area contributed by atoms with Crippen LogP contribution < -0.4 is 19.5 Å². The van der Waals surface area contributed by atoms with E-state index in [2.05, 4.69) is 5.32 Å². The maximum Gasteiger partial charge on any atom is 0.344 e. The first-order valence-electron chi connectivity index (χ1n) is 9.80. The summed E-state index contributed by atoms with van der Waals surface area (Å²) in [5.41, 5.74) is 1.31. The van der Waals surface area contributed by atoms with Crippen molar-refractivity contribution in [3.63, 3.8) is 0 Å². The highest BCUT2D eigenvalue weighted by molar-refractivity contribution is 5.95. The molecule has 0 aliphatic heterocycles. The van der Waals surface area contributed by atoms with Crippen molar-refractivity contribution in [1.29, 1.82) is 0 Å². The quantitative estimate of drug-likeness (QED) is 0.433. The summed E-state index contributed by atoms with van der Waals surface area (Å²) in [4.78, 5) is 35.6. The fraction of sp³-hybridized carbons (Fsp3) is 0.348. The number of nitrogens with one attached hydrogen (secondary N) is 1. The van der Waals surface area contributed by atoms with Gasteiger partial charge in [-0.25, -0.2) is 4.79 Å². The van der Waals surface area contributed by atoms with Gasteiger partial charge in [-0.15, -0.1) is 0 Å². The lowest BCUT2D eigenvalue weighted by Gasteiger charge is -2.18. The standard InChI is InChI=1S/C23H27NO7/c1-5-20(25)16-6-8-17(9-7-16)30-14-23(27)31-13-22(26)24-15(2)19-12-18(28-3)10-11-21(19)29-4/h6-12,15H,5,13-14H2,1-4H3,(H,24,26). The van der Waals surface area contributed by atoms with Crippen LogP contribution in [0, 0.1) is 0 Å². The Labute approximate surface area is 181 Å². The van der Waals surface area contributed by atoms with Crippen molar-refractivity contribution in [2.24, 2.45) is 0 Å². The molecular formula is C23H27NO7. The highest BCUT2D eigenvalue weighted by atomic mass is 16.6. The first-order valence-corrected chi connectivity index (χ1v) is 9.80. The number of ketones is 1. The predicted molar refractivity (Wildman–Crippen MR) is 114 cm³/mol. The van der Waals surface area contributed by atoms with E-state index in [0.29, 0.717) is 29.2 Å². The van der Waals surface area contributed by atoms with Crippen molar-refractivity contribution in [2.75, 3.05) is 27.4 Å². The monoisotopic (exact) mass is 429 g/mol. The Morgan fingerprint density at radius 2 is 1.61 bits per heavy atom. The average Bonchev–Trinajstić information content (AvgIpc) is 2.80. The van der Waals surface area contributed by atoms with Gasteiger partial charge in [0.15, 0.2) is 19.0 Å². The Morgan fingerprint density at radius 1 is 0.935 bits per heavy atom. The number of carbonyl (C=O) groups excluding carboxylic acids is 3. The lowest BCUT2D eigenvalue weighted by Crippen LogP contribution is -2.32. The molecule has 1 amide bonds. The first kappa shape index (κ1) is 23.7. The molecule has 2 rings (SSSR count). The van der Waals surface area contributed by atoms with Crippen LogP contribution in [0.3, 0.4) is 0 Å². The van der Waals surface area contributed by atoms with Crippen molar-refractivity contribution >= 4 is 17.7 Å². The van der Waals surface area contributed by atoms with Crippen LogP contribution in [-0.2, 0) is 14.3 Å². The second-order valence-corrected chi connectivity index (χ2v) is 6.65. The molecule has 166 valence electrons. The normalized spacial score (nSPS) is 11.2. The number of hydrogen-bond acceptors (Lipinski definition) is 7. The summed E-state index contributed by atoms with van der Waals surface area (Å²) in [5.74, 6) is 0.535. The molecule has 31 heavy (non-hydrogen) atoms. The molecule has 1 unspecified atom stereocenters. The molecule has 0 bridgehead atoms. The van der Waals surface area contributed by atoms with E-state index in [4.69, 9.17) is 18.9 Å². The molecule has 0 fully saturated rings. The molecule has 1 atom stereocenters. The number of benzene rings is 2. The third-order valence-corrected chi connectivity index (χ3v) is 4.50. The minimum Gasteiger partial charge on any atom is -0.497 e. The second-order valence-electron chi connectivity index (χ2n) is 6.65. The molecule has 8 nitrogen and oxygen atoms in total. The van der Waals surface area contributed by atoms with Gasteiger partial charge >= 0.3 is 5.97 Å². The summed E-state index contributed by atoms with van der Waals surface area (Å²) in [6.45, 7) is 2.77. The number of esters is 1. The summed E-state index contributed by atoms with van der Waals surface area (Å²) in [7, 11) is 3.09. The van der Waals surface area contributed by atoms with Crippen molar-refractivity contribution in [3.05, 3.63) is 53.6 Å². The summed E-state index contributed by atoms with van der Waals surface area (Å²) >= 11 is 0. The minimum absolute atomic E-state index is 0.0257. The molecule has 2 aromatic rings. The summed E-state index contributed by atoms with van der Waals surface area (Å²) in [5, 5.41) is 2.75. The Hall–Kier alpha value is -3.55. The Bertz CT molecular complexity index is 909. The molecule has 0 aliphatic carbocycles. The maximum atomic E-state index is 12.2. The molecule has 0 spiro atoms. The van der Waals surface area contributed by atoms with Gasteiger partial charge in [0.1, 0.15) is 17.2 Å². The Morgan fingerprint density at radius 3 is 2.23 bits per heavy atom. The van der Waals surface area contributed by atoms with E-state index in [1.54, 1.807) is 63.4 Å². The summed E-state index contributed by atoms with van der Waals surface area (Å²) in [6.07, 6.45) is 0.414. The lowest BCUT2D eigenvalue weighted by molar-refractivity contribution is -0.150. The van der Waals surface area contributed by atoms with Gasteiger partial charge in [0.05, 0.1) is 20.3 Å². The Balaban J connectivity index is 1.80. The number of carbonyl (C=O) groups is 3. The number of hydrogen-bond donors (Lipinski definition) is 1. The van der Waals surface area contributed by atoms with Crippen molar-refractivity contribution in [3.8, 4) is 17.2 Å². The molecule has 0 saturated heterocycles. The van der Waals surface area contributed by atoms with Gasteiger partial charge in [0.2, 0.25) is 0 Å². The maximum absolute atomic E-state index is 12.2. The van der Waals surface area contributed by atoms with Gasteiger partial charge in [-0.1, -0.05) is 6.92 Å². The zero-order valence-corrected chi connectivity index (χ0v) is 18.1. The Kier molecular flexibility index (Phi) is 8.87. The number of methoxy groups -OCH3 is 2. The second kappa shape index (κ2) is 11.6. The predicted octanol–water partition coefficient (Wildman–Crippen LogP) is 3.10. The largest absolute Gasteiger partial charge is 0.497 e. The third-order valence-electron chi connectivity index (χ3n) is 4.50. The highest BCUT2D eigenvalue weighted by Crippen LogP contribution is 2.29. The molecule has 0 aliphatic rings. The van der Waals surface area contributed by atoms with Crippen LogP contribution >= 0.6 is 0 Å². The third kappa shape index (κ3) is 7.02. The van der Waals surface area contributed by atoms with Gasteiger partial charge in [-0.2, -0.15) is 0 Å². The molecular weight excluding hydrogens is 402 g/mol. The molecule has 0 heterocycles. The van der Waals surface area contributed by atoms with Crippen molar-refractivity contribution in [2.45, 2.75) is 26.3 Å². The summed E-state index contributed by atoms with van der Waals surface area (Å²) < 4.78 is 20.8. The van der Waals surface area contributed by atoms with Crippen LogP contribution in [-0.4, -0.2) is 45.1 Å². The smallest absolute Gasteiger partial charge is 0.344 e. The molecule has 2 aromatic carbocycles. The van der Waals surface area contributed by atoms with Crippen molar-refractivity contribution < 1.29 is 33.3 Å². The van der Waals surface area contributed by atoms with E-state index in [1.165, 1.54) is 7.11 Å². The minimum atomic E-state index is -0.685. The van der Waals surface area contributed by atoms with Crippen molar-refractivity contribution in [1.82, 2.24) is 5.32 Å². The van der Waals surface area contributed by atoms with E-state index in [-0.39, 0.29) is 12.4 Å². The van der Waals surface area contributed by atoms with E-state index < -0.39 is 24.5 Å². The zero-order valence-electron chi connectivity index (χ0n) is 18.1. The van der Waals surface area contributed by atoms with Gasteiger partial charge < -0.3 is 24.3 Å². The van der Waals surface area contributed by atoms with Gasteiger partial charge in [0, 0.05) is 17.5 Å². The molecule has 0 aromatic heterocycles. The van der Waals surface area contributed by atoms with Crippen LogP contribution in [0.25, 0.3) is 0 Å². The number of ether oxygens (including phenoxy) is 4. The van der Waals surface area contributed by atoms with Gasteiger partial charge in [0.25, 0.3) is 5.91 Å². The van der Waals surface area contributed by atoms with Crippen LogP contribution in [0.1, 0.15) is 42.2 Å². The fourth-order valence-corrected chi connectivity index (χ4v) is 2.81. The first-order chi connectivity index (χ1) is 14.9. The van der Waals surface area contributed by atoms with Crippen LogP contribution in [0.4, 0.5) is 0 Å². The number of amides is 1. The molecule has 0 saturated carbocycles. The van der Waals surface area contributed by atoms with Crippen LogP contribution in [0.2, 0.25) is 0 Å².